The highest BCUT2D eigenvalue weighted by atomic mass is 16.5. The Morgan fingerprint density at radius 1 is 1.10 bits per heavy atom. The second kappa shape index (κ2) is 9.21. The number of amides is 1. The molecule has 0 aliphatic rings. The van der Waals surface area contributed by atoms with Gasteiger partial charge in [0.2, 0.25) is 0 Å². The third kappa shape index (κ3) is 5.13. The number of aryl methyl sites for hydroxylation is 2. The number of aromatic nitrogens is 6. The van der Waals surface area contributed by atoms with E-state index in [0.717, 1.165) is 5.56 Å². The number of nitrogens with zero attached hydrogens (tertiary/aromatic N) is 6. The summed E-state index contributed by atoms with van der Waals surface area (Å²) in [6, 6.07) is 15.2. The summed E-state index contributed by atoms with van der Waals surface area (Å²) in [4.78, 5) is 12.5. The molecule has 2 aromatic heterocycles. The van der Waals surface area contributed by atoms with Crippen LogP contribution in [0.25, 0.3) is 0 Å². The van der Waals surface area contributed by atoms with Crippen LogP contribution in [0.3, 0.4) is 0 Å². The zero-order chi connectivity index (χ0) is 21.6. The van der Waals surface area contributed by atoms with Gasteiger partial charge < -0.3 is 10.1 Å². The van der Waals surface area contributed by atoms with Gasteiger partial charge in [0.05, 0.1) is 18.4 Å². The van der Waals surface area contributed by atoms with Crippen LogP contribution in [0.15, 0.2) is 60.9 Å². The molecule has 0 atom stereocenters. The lowest BCUT2D eigenvalue weighted by Gasteiger charge is -2.07. The van der Waals surface area contributed by atoms with Crippen LogP contribution in [0.4, 0.5) is 5.69 Å². The first-order chi connectivity index (χ1) is 15.1. The number of rotatable bonds is 8. The molecule has 158 valence electrons. The molecule has 31 heavy (non-hydrogen) atoms. The molecule has 2 aromatic carbocycles. The van der Waals surface area contributed by atoms with Gasteiger partial charge in [-0.05, 0) is 54.1 Å². The summed E-state index contributed by atoms with van der Waals surface area (Å²) < 4.78 is 9.17. The highest BCUT2D eigenvalue weighted by molar-refractivity contribution is 6.04. The van der Waals surface area contributed by atoms with Crippen molar-refractivity contribution in [3.05, 3.63) is 83.4 Å². The number of anilines is 1. The van der Waals surface area contributed by atoms with Gasteiger partial charge in [0.15, 0.2) is 5.82 Å². The summed E-state index contributed by atoms with van der Waals surface area (Å²) in [6.45, 7) is 5.59. The molecule has 1 N–H and O–H groups in total. The molecule has 9 heteroatoms. The van der Waals surface area contributed by atoms with Gasteiger partial charge in [-0.2, -0.15) is 5.10 Å². The molecule has 0 saturated heterocycles. The van der Waals surface area contributed by atoms with Crippen molar-refractivity contribution >= 4 is 11.6 Å². The van der Waals surface area contributed by atoms with Crippen molar-refractivity contribution in [2.24, 2.45) is 0 Å². The largest absolute Gasteiger partial charge is 0.486 e. The molecular formula is C22H23N7O2. The minimum atomic E-state index is -0.212. The maximum atomic E-state index is 12.5. The smallest absolute Gasteiger partial charge is 0.255 e. The SMILES string of the molecule is CCn1nnnc1COc1ccc(C(=O)Nc2cnn(Cc3ccc(C)cc3)c2)cc1. The Morgan fingerprint density at radius 3 is 2.61 bits per heavy atom. The minimum absolute atomic E-state index is 0.212. The molecule has 1 amide bonds. The molecule has 0 saturated carbocycles. The van der Waals surface area contributed by atoms with Gasteiger partial charge in [-0.1, -0.05) is 29.8 Å². The molecule has 2 heterocycles. The predicted octanol–water partition coefficient (Wildman–Crippen LogP) is 3.08. The maximum absolute atomic E-state index is 12.5. The molecule has 0 aliphatic carbocycles. The fourth-order valence-corrected chi connectivity index (χ4v) is 3.02. The molecule has 0 unspecified atom stereocenters. The van der Waals surface area contributed by atoms with E-state index < -0.39 is 0 Å². The van der Waals surface area contributed by atoms with Crippen molar-refractivity contribution in [3.63, 3.8) is 0 Å². The highest BCUT2D eigenvalue weighted by Gasteiger charge is 2.09. The van der Waals surface area contributed by atoms with Crippen LogP contribution in [0.5, 0.6) is 5.75 Å². The van der Waals surface area contributed by atoms with Crippen LogP contribution >= 0.6 is 0 Å². The Hall–Kier alpha value is -4.01. The van der Waals surface area contributed by atoms with E-state index in [2.05, 4.69) is 57.1 Å². The Morgan fingerprint density at radius 2 is 1.87 bits per heavy atom. The number of benzene rings is 2. The number of hydrogen-bond acceptors (Lipinski definition) is 6. The molecule has 0 fully saturated rings. The van der Waals surface area contributed by atoms with Crippen molar-refractivity contribution in [1.29, 1.82) is 0 Å². The minimum Gasteiger partial charge on any atom is -0.486 e. The Kier molecular flexibility index (Phi) is 6.02. The zero-order valence-electron chi connectivity index (χ0n) is 17.4. The zero-order valence-corrected chi connectivity index (χ0v) is 17.4. The number of tetrazole rings is 1. The van der Waals surface area contributed by atoms with Gasteiger partial charge in [-0.25, -0.2) is 4.68 Å². The van der Waals surface area contributed by atoms with Crippen LogP contribution in [-0.4, -0.2) is 35.9 Å². The normalized spacial score (nSPS) is 10.8. The fourth-order valence-electron chi connectivity index (χ4n) is 3.02. The number of carbonyl (C=O) groups excluding carboxylic acids is 1. The maximum Gasteiger partial charge on any atom is 0.255 e. The average molecular weight is 417 g/mol. The van der Waals surface area contributed by atoms with E-state index in [4.69, 9.17) is 4.74 Å². The molecular weight excluding hydrogens is 394 g/mol. The summed E-state index contributed by atoms with van der Waals surface area (Å²) in [5, 5.41) is 18.6. The van der Waals surface area contributed by atoms with Gasteiger partial charge in [0.1, 0.15) is 12.4 Å². The standard InChI is InChI=1S/C22H23N7O2/c1-3-29-21(25-26-27-29)15-31-20-10-8-18(9-11-20)22(30)24-19-12-23-28(14-19)13-17-6-4-16(2)5-7-17/h4-12,14H,3,13,15H2,1-2H3,(H,24,30). The topological polar surface area (TPSA) is 99.8 Å². The Balaban J connectivity index is 1.32. The third-order valence-corrected chi connectivity index (χ3v) is 4.75. The fraction of sp³-hybridized carbons (Fsp3) is 0.227. The molecule has 0 spiro atoms. The van der Waals surface area contributed by atoms with Crippen molar-refractivity contribution < 1.29 is 9.53 Å². The van der Waals surface area contributed by atoms with Gasteiger partial charge in [-0.3, -0.25) is 9.48 Å². The summed E-state index contributed by atoms with van der Waals surface area (Å²) in [5.74, 6) is 1.07. The van der Waals surface area contributed by atoms with E-state index in [1.165, 1.54) is 5.56 Å². The van der Waals surface area contributed by atoms with Gasteiger partial charge in [-0.15, -0.1) is 5.10 Å². The van der Waals surface area contributed by atoms with E-state index >= 15 is 0 Å². The number of ether oxygens (including phenoxy) is 1. The highest BCUT2D eigenvalue weighted by Crippen LogP contribution is 2.16. The lowest BCUT2D eigenvalue weighted by Crippen LogP contribution is -2.11. The molecule has 0 aliphatic heterocycles. The Bertz CT molecular complexity index is 1150. The molecule has 4 rings (SSSR count). The van der Waals surface area contributed by atoms with Crippen LogP contribution in [0, 0.1) is 6.92 Å². The van der Waals surface area contributed by atoms with Gasteiger partial charge in [0, 0.05) is 18.3 Å². The molecule has 0 bridgehead atoms. The molecule has 0 radical (unpaired) electrons. The monoisotopic (exact) mass is 417 g/mol. The second-order valence-electron chi connectivity index (χ2n) is 7.09. The summed E-state index contributed by atoms with van der Waals surface area (Å²) in [5.41, 5.74) is 3.53. The van der Waals surface area contributed by atoms with Gasteiger partial charge in [0.25, 0.3) is 5.91 Å². The van der Waals surface area contributed by atoms with E-state index in [0.29, 0.717) is 35.9 Å². The number of carbonyl (C=O) groups is 1. The van der Waals surface area contributed by atoms with E-state index in [-0.39, 0.29) is 12.5 Å². The second-order valence-corrected chi connectivity index (χ2v) is 7.09. The van der Waals surface area contributed by atoms with Crippen molar-refractivity contribution in [1.82, 2.24) is 30.0 Å². The lowest BCUT2D eigenvalue weighted by atomic mass is 10.1. The van der Waals surface area contributed by atoms with Crippen LogP contribution in [0.2, 0.25) is 0 Å². The first kappa shape index (κ1) is 20.3. The van der Waals surface area contributed by atoms with E-state index in [1.54, 1.807) is 39.8 Å². The summed E-state index contributed by atoms with van der Waals surface area (Å²) >= 11 is 0. The number of nitrogens with one attached hydrogen (secondary N) is 1. The van der Waals surface area contributed by atoms with Crippen molar-refractivity contribution in [2.75, 3.05) is 5.32 Å². The number of hydrogen-bond donors (Lipinski definition) is 1. The molecule has 4 aromatic rings. The van der Waals surface area contributed by atoms with E-state index in [1.807, 2.05) is 13.1 Å². The van der Waals surface area contributed by atoms with Crippen molar-refractivity contribution in [2.45, 2.75) is 33.5 Å². The predicted molar refractivity (Wildman–Crippen MR) is 115 cm³/mol. The van der Waals surface area contributed by atoms with Crippen LogP contribution < -0.4 is 10.1 Å². The molecule has 9 nitrogen and oxygen atoms in total. The van der Waals surface area contributed by atoms with Crippen LogP contribution in [-0.2, 0) is 19.7 Å². The van der Waals surface area contributed by atoms with Gasteiger partial charge >= 0.3 is 0 Å². The average Bonchev–Trinajstić information content (AvgIpc) is 3.43. The lowest BCUT2D eigenvalue weighted by molar-refractivity contribution is 0.102. The van der Waals surface area contributed by atoms with Crippen molar-refractivity contribution in [3.8, 4) is 5.75 Å². The summed E-state index contributed by atoms with van der Waals surface area (Å²) in [6.07, 6.45) is 3.45. The quantitative estimate of drug-likeness (QED) is 0.473. The third-order valence-electron chi connectivity index (χ3n) is 4.75. The summed E-state index contributed by atoms with van der Waals surface area (Å²) in [7, 11) is 0. The first-order valence-electron chi connectivity index (χ1n) is 9.98. The van der Waals surface area contributed by atoms with E-state index in [9.17, 15) is 4.79 Å². The first-order valence-corrected chi connectivity index (χ1v) is 9.98. The van der Waals surface area contributed by atoms with Crippen LogP contribution in [0.1, 0.15) is 34.2 Å². The Labute approximate surface area is 179 Å².